The van der Waals surface area contributed by atoms with Gasteiger partial charge in [0.15, 0.2) is 0 Å². The van der Waals surface area contributed by atoms with Crippen LogP contribution in [-0.4, -0.2) is 26.6 Å². The van der Waals surface area contributed by atoms with Crippen LogP contribution < -0.4 is 10.2 Å². The Kier molecular flexibility index (Phi) is 4.60. The molecule has 1 aliphatic carbocycles. The molecule has 3 aliphatic rings. The molecule has 1 fully saturated rings. The van der Waals surface area contributed by atoms with Crippen LogP contribution in [-0.2, 0) is 9.59 Å². The van der Waals surface area contributed by atoms with E-state index in [9.17, 15) is 14.0 Å². The van der Waals surface area contributed by atoms with Crippen molar-refractivity contribution in [3.63, 3.8) is 0 Å². The van der Waals surface area contributed by atoms with Crippen LogP contribution in [0.15, 0.2) is 66.7 Å². The quantitative estimate of drug-likeness (QED) is 0.489. The fourth-order valence-electron chi connectivity index (χ4n) is 5.12. The summed E-state index contributed by atoms with van der Waals surface area (Å²) in [5, 5.41) is 8.03. The van der Waals surface area contributed by atoms with E-state index < -0.39 is 0 Å². The van der Waals surface area contributed by atoms with Gasteiger partial charge in [-0.05, 0) is 42.5 Å². The summed E-state index contributed by atoms with van der Waals surface area (Å²) in [6, 6.07) is 16.1. The summed E-state index contributed by atoms with van der Waals surface area (Å²) in [5.41, 5.74) is 1.97. The molecule has 1 aromatic heterocycles. The van der Waals surface area contributed by atoms with Crippen LogP contribution in [0.3, 0.4) is 0 Å². The van der Waals surface area contributed by atoms with Gasteiger partial charge in [-0.3, -0.25) is 9.59 Å². The highest BCUT2D eigenvalue weighted by molar-refractivity contribution is 6.21. The molecule has 0 unspecified atom stereocenters. The summed E-state index contributed by atoms with van der Waals surface area (Å²) in [4.78, 5) is 31.9. The van der Waals surface area contributed by atoms with Crippen LogP contribution in [0.2, 0.25) is 0 Å². The monoisotopic (exact) mass is 443 g/mol. The predicted molar refractivity (Wildman–Crippen MR) is 120 cm³/mol. The van der Waals surface area contributed by atoms with Gasteiger partial charge in [-0.15, -0.1) is 5.10 Å². The highest BCUT2D eigenvalue weighted by Gasteiger charge is 2.49. The number of carbonyl (C=O) groups excluding carboxylic acids is 2. The Bertz CT molecular complexity index is 1230. The first-order valence-corrected chi connectivity index (χ1v) is 11.2. The molecule has 2 aliphatic heterocycles. The normalized spacial score (nSPS) is 26.2. The van der Waals surface area contributed by atoms with E-state index >= 15 is 0 Å². The van der Waals surface area contributed by atoms with E-state index in [1.165, 1.54) is 12.1 Å². The van der Waals surface area contributed by atoms with E-state index in [1.807, 2.05) is 42.5 Å². The Morgan fingerprint density at radius 3 is 2.21 bits per heavy atom. The first-order chi connectivity index (χ1) is 16.1. The van der Waals surface area contributed by atoms with E-state index in [4.69, 9.17) is 0 Å². The van der Waals surface area contributed by atoms with Crippen molar-refractivity contribution in [3.05, 3.63) is 83.7 Å². The summed E-state index contributed by atoms with van der Waals surface area (Å²) >= 11 is 0. The van der Waals surface area contributed by atoms with Crippen LogP contribution in [0.25, 0.3) is 0 Å². The lowest BCUT2D eigenvalue weighted by molar-refractivity contribution is -0.122. The molecular weight excluding hydrogens is 421 g/mol. The molecule has 1 N–H and O–H groups in total. The van der Waals surface area contributed by atoms with Crippen LogP contribution in [0.1, 0.15) is 42.5 Å². The number of benzene rings is 2. The van der Waals surface area contributed by atoms with Crippen molar-refractivity contribution < 1.29 is 14.0 Å². The number of halogens is 1. The van der Waals surface area contributed by atoms with Crippen molar-refractivity contribution >= 4 is 23.7 Å². The van der Waals surface area contributed by atoms with Crippen molar-refractivity contribution in [1.29, 1.82) is 0 Å². The molecule has 8 heteroatoms. The zero-order chi connectivity index (χ0) is 22.5. The van der Waals surface area contributed by atoms with Gasteiger partial charge >= 0.3 is 0 Å². The molecule has 0 saturated carbocycles. The van der Waals surface area contributed by atoms with E-state index in [1.54, 1.807) is 16.8 Å². The lowest BCUT2D eigenvalue weighted by Crippen LogP contribution is -2.32. The molecule has 3 heterocycles. The van der Waals surface area contributed by atoms with Crippen LogP contribution in [0.4, 0.5) is 16.3 Å². The highest BCUT2D eigenvalue weighted by atomic mass is 19.1. The molecule has 4 atom stereocenters. The Hall–Kier alpha value is -3.81. The van der Waals surface area contributed by atoms with Gasteiger partial charge in [-0.25, -0.2) is 14.0 Å². The van der Waals surface area contributed by atoms with Gasteiger partial charge in [0.1, 0.15) is 5.82 Å². The number of hydrogen-bond donors (Lipinski definition) is 1. The summed E-state index contributed by atoms with van der Waals surface area (Å²) in [7, 11) is 0. The molecule has 6 rings (SSSR count). The summed E-state index contributed by atoms with van der Waals surface area (Å²) in [6.45, 7) is 0. The number of hydrogen-bond acceptors (Lipinski definition) is 5. The number of fused-ring (bicyclic) bond motifs is 2. The zero-order valence-electron chi connectivity index (χ0n) is 17.8. The molecule has 2 aromatic carbocycles. The lowest BCUT2D eigenvalue weighted by atomic mass is 9.85. The first kappa shape index (κ1) is 19.8. The number of aromatic nitrogens is 3. The summed E-state index contributed by atoms with van der Waals surface area (Å²) < 4.78 is 15.3. The number of nitrogens with one attached hydrogen (secondary N) is 1. The molecule has 2 amide bonds. The maximum absolute atomic E-state index is 13.6. The third-order valence-electron chi connectivity index (χ3n) is 6.84. The lowest BCUT2D eigenvalue weighted by Gasteiger charge is -2.31. The van der Waals surface area contributed by atoms with Gasteiger partial charge in [-0.1, -0.05) is 54.6 Å². The zero-order valence-corrected chi connectivity index (χ0v) is 17.8. The Balaban J connectivity index is 1.41. The number of amides is 2. The van der Waals surface area contributed by atoms with Gasteiger partial charge in [0.25, 0.3) is 5.95 Å². The molecule has 0 spiro atoms. The summed E-state index contributed by atoms with van der Waals surface area (Å²) in [5.74, 6) is -0.903. The molecule has 0 radical (unpaired) electrons. The Morgan fingerprint density at radius 2 is 1.55 bits per heavy atom. The third-order valence-corrected chi connectivity index (χ3v) is 6.84. The molecule has 7 nitrogen and oxygen atoms in total. The number of imide groups is 1. The van der Waals surface area contributed by atoms with Crippen molar-refractivity contribution in [2.75, 3.05) is 10.2 Å². The Morgan fingerprint density at radius 1 is 0.879 bits per heavy atom. The average Bonchev–Trinajstić information content (AvgIpc) is 3.38. The molecule has 1 saturated heterocycles. The fraction of sp³-hybridized carbons (Fsp3) is 0.280. The Labute approximate surface area is 189 Å². The second kappa shape index (κ2) is 7.65. The van der Waals surface area contributed by atoms with Crippen molar-refractivity contribution in [3.8, 4) is 0 Å². The molecular formula is C25H22FN5O2. The van der Waals surface area contributed by atoms with Crippen LogP contribution >= 0.6 is 0 Å². The van der Waals surface area contributed by atoms with Gasteiger partial charge < -0.3 is 5.32 Å². The topological polar surface area (TPSA) is 80.1 Å². The van der Waals surface area contributed by atoms with E-state index in [0.717, 1.165) is 16.0 Å². The number of allylic oxidation sites excluding steroid dienone is 2. The second-order valence-electron chi connectivity index (χ2n) is 8.76. The number of anilines is 2. The van der Waals surface area contributed by atoms with Gasteiger partial charge in [0.2, 0.25) is 17.8 Å². The first-order valence-electron chi connectivity index (χ1n) is 11.2. The minimum absolute atomic E-state index is 0.0532. The number of rotatable bonds is 3. The second-order valence-corrected chi connectivity index (χ2v) is 8.76. The van der Waals surface area contributed by atoms with Crippen molar-refractivity contribution in [1.82, 2.24) is 14.8 Å². The largest absolute Gasteiger partial charge is 0.347 e. The smallest absolute Gasteiger partial charge is 0.260 e. The van der Waals surface area contributed by atoms with Crippen LogP contribution in [0.5, 0.6) is 0 Å². The molecule has 166 valence electrons. The molecule has 0 bridgehead atoms. The minimum atomic E-state index is -0.346. The predicted octanol–water partition coefficient (Wildman–Crippen LogP) is 4.02. The standard InChI is InChI=1S/C25H22FN5O2/c26-17-12-10-16(11-13-17)21-14-20(15-6-2-1-3-7-15)27-24-28-25(29-31(21)24)30-22(32)18-8-4-5-9-19(18)23(30)33/h1-7,10-13,18-21H,8-9,14H2,(H,27,28,29)/t18-,19-,20+,21-/m0/s1. The number of nitrogens with zero attached hydrogens (tertiary/aromatic N) is 4. The van der Waals surface area contributed by atoms with Crippen LogP contribution in [0, 0.1) is 17.7 Å². The molecule has 3 aromatic rings. The molecule has 33 heavy (non-hydrogen) atoms. The van der Waals surface area contributed by atoms with E-state index in [0.29, 0.717) is 25.2 Å². The maximum Gasteiger partial charge on any atom is 0.260 e. The van der Waals surface area contributed by atoms with E-state index in [-0.39, 0.29) is 47.5 Å². The van der Waals surface area contributed by atoms with Crippen molar-refractivity contribution in [2.45, 2.75) is 31.3 Å². The van der Waals surface area contributed by atoms with Gasteiger partial charge in [0, 0.05) is 0 Å². The third kappa shape index (κ3) is 3.25. The maximum atomic E-state index is 13.6. The number of carbonyl (C=O) groups is 2. The van der Waals surface area contributed by atoms with Gasteiger partial charge in [-0.2, -0.15) is 4.98 Å². The fourth-order valence-corrected chi connectivity index (χ4v) is 5.12. The highest BCUT2D eigenvalue weighted by Crippen LogP contribution is 2.41. The van der Waals surface area contributed by atoms with E-state index in [2.05, 4.69) is 15.4 Å². The van der Waals surface area contributed by atoms with Gasteiger partial charge in [0.05, 0.1) is 23.9 Å². The minimum Gasteiger partial charge on any atom is -0.347 e. The van der Waals surface area contributed by atoms with Crippen molar-refractivity contribution in [2.24, 2.45) is 11.8 Å². The SMILES string of the molecule is O=C1[C@H]2CC=CC[C@@H]2C(=O)N1c1nc2n(n1)[C@H](c1ccc(F)cc1)C[C@H](c1ccccc1)N2. The average molecular weight is 443 g/mol. The summed E-state index contributed by atoms with van der Waals surface area (Å²) in [6.07, 6.45) is 5.69.